The summed E-state index contributed by atoms with van der Waals surface area (Å²) in [5.41, 5.74) is 1.72. The highest BCUT2D eigenvalue weighted by Gasteiger charge is 2.39. The second-order valence-electron chi connectivity index (χ2n) is 8.07. The van der Waals surface area contributed by atoms with E-state index < -0.39 is 0 Å². The van der Waals surface area contributed by atoms with Crippen molar-refractivity contribution in [3.05, 3.63) is 79.9 Å². The van der Waals surface area contributed by atoms with Crippen molar-refractivity contribution in [3.63, 3.8) is 0 Å². The lowest BCUT2D eigenvalue weighted by Crippen LogP contribution is -2.35. The molecular weight excluding hydrogens is 534 g/mol. The number of thiazole rings is 2. The number of hydrogen-bond acceptors (Lipinski definition) is 7. The van der Waals surface area contributed by atoms with Crippen molar-refractivity contribution < 1.29 is 9.36 Å². The number of aryl methyl sites for hydroxylation is 1. The number of aromatic nitrogens is 2. The summed E-state index contributed by atoms with van der Waals surface area (Å²) < 4.78 is 5.91. The van der Waals surface area contributed by atoms with Crippen molar-refractivity contribution in [2.24, 2.45) is 12.0 Å². The van der Waals surface area contributed by atoms with Gasteiger partial charge in [0.15, 0.2) is 0 Å². The molecule has 1 aromatic carbocycles. The number of carbonyl (C=O) groups is 1. The van der Waals surface area contributed by atoms with Crippen LogP contribution in [0.3, 0.4) is 0 Å². The first-order valence-corrected chi connectivity index (χ1v) is 14.0. The number of aliphatic imine (C=N–C) groups is 1. The van der Waals surface area contributed by atoms with E-state index in [1.54, 1.807) is 15.5 Å². The third-order valence-electron chi connectivity index (χ3n) is 5.82. The summed E-state index contributed by atoms with van der Waals surface area (Å²) in [6.45, 7) is 6.51. The standard InChI is InChI=1S/C25H23ClN5O2S3/c1-5-12-31-22(33)20(23-30(6-2)21(32)19(35-23)17-9-7-8-13-28(17)3)36-25(31)27-24-29(4)16-11-10-15(26)14-18(16)34-24/h5,7-11,13-14H,1,6,12H2,2-4H3/q+1/b19-17-,23-20-. The molecule has 0 saturated carbocycles. The predicted molar refractivity (Wildman–Crippen MR) is 151 cm³/mol. The first kappa shape index (κ1) is 24.8. The van der Waals surface area contributed by atoms with Crippen LogP contribution in [0.1, 0.15) is 6.92 Å². The van der Waals surface area contributed by atoms with Gasteiger partial charge in [-0.05, 0) is 65.4 Å². The lowest BCUT2D eigenvalue weighted by Gasteiger charge is -2.16. The molecule has 184 valence electrons. The fourth-order valence-corrected chi connectivity index (χ4v) is 7.78. The van der Waals surface area contributed by atoms with Crippen LogP contribution in [0.4, 0.5) is 5.13 Å². The molecule has 4 heterocycles. The van der Waals surface area contributed by atoms with Gasteiger partial charge in [0.25, 0.3) is 16.6 Å². The van der Waals surface area contributed by atoms with E-state index >= 15 is 0 Å². The number of amides is 1. The van der Waals surface area contributed by atoms with Gasteiger partial charge in [-0.25, -0.2) is 4.57 Å². The highest BCUT2D eigenvalue weighted by molar-refractivity contribution is 8.23. The lowest BCUT2D eigenvalue weighted by atomic mass is 10.3. The van der Waals surface area contributed by atoms with Gasteiger partial charge in [0.1, 0.15) is 19.6 Å². The number of likely N-dealkylation sites (N-methyl/N-ethyl adjacent to an activating group) is 1. The number of carbonyl (C=O) groups excluding carboxylic acids is 1. The Hall–Kier alpha value is -2.92. The number of fused-ring (bicyclic) bond motifs is 1. The summed E-state index contributed by atoms with van der Waals surface area (Å²) in [6, 6.07) is 5.72. The minimum atomic E-state index is -0.183. The van der Waals surface area contributed by atoms with E-state index in [1.807, 2.05) is 73.1 Å². The van der Waals surface area contributed by atoms with Gasteiger partial charge in [-0.2, -0.15) is 0 Å². The molecule has 11 heteroatoms. The Balaban J connectivity index is 1.70. The summed E-state index contributed by atoms with van der Waals surface area (Å²) in [7, 11) is 3.85. The molecule has 3 aromatic rings. The molecule has 0 atom stereocenters. The van der Waals surface area contributed by atoms with Gasteiger partial charge in [0.05, 0.1) is 17.4 Å². The Morgan fingerprint density at radius 1 is 1.22 bits per heavy atom. The van der Waals surface area contributed by atoms with Gasteiger partial charge < -0.3 is 4.90 Å². The normalized spacial score (nSPS) is 19.9. The van der Waals surface area contributed by atoms with Crippen molar-refractivity contribution in [2.75, 3.05) is 13.6 Å². The smallest absolute Gasteiger partial charge is 0.350 e. The SMILES string of the molecule is C=CCN1C(=O)/C(=c2/s/c(=C3/C=CC=CN3C)c(=O)n2CC)S/C1=N\c1sc2cc(Cl)ccc2[n+]1C. The first-order chi connectivity index (χ1) is 17.3. The number of hydrogen-bond donors (Lipinski definition) is 0. The third-order valence-corrected chi connectivity index (χ3v) is 9.55. The number of nitrogens with zero attached hydrogens (tertiary/aromatic N) is 5. The molecule has 2 aliphatic rings. The Morgan fingerprint density at radius 3 is 2.75 bits per heavy atom. The van der Waals surface area contributed by atoms with Crippen molar-refractivity contribution in [3.8, 4) is 0 Å². The van der Waals surface area contributed by atoms with Crippen molar-refractivity contribution in [1.82, 2.24) is 14.4 Å². The van der Waals surface area contributed by atoms with E-state index in [0.29, 0.717) is 37.4 Å². The second kappa shape index (κ2) is 9.85. The molecule has 0 radical (unpaired) electrons. The third kappa shape index (κ3) is 4.17. The summed E-state index contributed by atoms with van der Waals surface area (Å²) in [5.74, 6) is -0.183. The van der Waals surface area contributed by atoms with Crippen molar-refractivity contribution in [1.29, 1.82) is 0 Å². The van der Waals surface area contributed by atoms with Crippen LogP contribution in [0.5, 0.6) is 0 Å². The molecule has 2 aromatic heterocycles. The number of thioether (sulfide) groups is 1. The zero-order valence-electron chi connectivity index (χ0n) is 19.9. The molecule has 1 fully saturated rings. The van der Waals surface area contributed by atoms with Gasteiger partial charge >= 0.3 is 5.13 Å². The summed E-state index contributed by atoms with van der Waals surface area (Å²) in [4.78, 5) is 35.8. The fourth-order valence-electron chi connectivity index (χ4n) is 3.99. The van der Waals surface area contributed by atoms with Gasteiger partial charge in [0, 0.05) is 31.4 Å². The highest BCUT2D eigenvalue weighted by Crippen LogP contribution is 2.35. The maximum absolute atomic E-state index is 13.6. The number of amidine groups is 1. The number of allylic oxidation sites excluding steroid dienone is 2. The van der Waals surface area contributed by atoms with E-state index in [0.717, 1.165) is 21.0 Å². The van der Waals surface area contributed by atoms with E-state index in [2.05, 4.69) is 6.58 Å². The van der Waals surface area contributed by atoms with E-state index in [1.165, 1.54) is 34.4 Å². The molecule has 0 bridgehead atoms. The fraction of sp³-hybridized carbons (Fsp3) is 0.200. The molecular formula is C25H23ClN5O2S3+. The number of benzene rings is 1. The maximum Gasteiger partial charge on any atom is 0.385 e. The molecule has 7 nitrogen and oxygen atoms in total. The molecule has 0 unspecified atom stereocenters. The maximum atomic E-state index is 13.6. The average Bonchev–Trinajstić information content (AvgIpc) is 3.46. The molecule has 2 aliphatic heterocycles. The van der Waals surface area contributed by atoms with Crippen LogP contribution in [0.15, 0.2) is 65.1 Å². The van der Waals surface area contributed by atoms with E-state index in [-0.39, 0.29) is 11.5 Å². The Morgan fingerprint density at radius 2 is 2.03 bits per heavy atom. The minimum Gasteiger partial charge on any atom is -0.350 e. The van der Waals surface area contributed by atoms with Gasteiger partial charge in [-0.3, -0.25) is 19.1 Å². The molecule has 5 rings (SSSR count). The Labute approximate surface area is 224 Å². The van der Waals surface area contributed by atoms with Gasteiger partial charge in [0.2, 0.25) is 0 Å². The topological polar surface area (TPSA) is 61.8 Å². The van der Waals surface area contributed by atoms with E-state index in [9.17, 15) is 9.59 Å². The number of halogens is 1. The predicted octanol–water partition coefficient (Wildman–Crippen LogP) is 3.30. The van der Waals surface area contributed by atoms with Crippen LogP contribution >= 0.6 is 46.0 Å². The van der Waals surface area contributed by atoms with Crippen LogP contribution in [-0.4, -0.2) is 39.0 Å². The first-order valence-electron chi connectivity index (χ1n) is 11.2. The van der Waals surface area contributed by atoms with Crippen LogP contribution in [0, 0.1) is 0 Å². The molecule has 1 saturated heterocycles. The van der Waals surface area contributed by atoms with Crippen LogP contribution in [-0.2, 0) is 18.4 Å². The molecule has 0 spiro atoms. The average molecular weight is 557 g/mol. The van der Waals surface area contributed by atoms with Crippen LogP contribution in [0.2, 0.25) is 5.02 Å². The summed E-state index contributed by atoms with van der Waals surface area (Å²) >= 11 is 10.3. The summed E-state index contributed by atoms with van der Waals surface area (Å²) in [5, 5.41) is 1.96. The molecule has 1 amide bonds. The van der Waals surface area contributed by atoms with Crippen LogP contribution < -0.4 is 19.3 Å². The quantitative estimate of drug-likeness (QED) is 0.365. The monoisotopic (exact) mass is 556 g/mol. The zero-order valence-corrected chi connectivity index (χ0v) is 23.1. The zero-order chi connectivity index (χ0) is 25.6. The van der Waals surface area contributed by atoms with Crippen LogP contribution in [0.25, 0.3) is 20.8 Å². The Bertz CT molecular complexity index is 1690. The van der Waals surface area contributed by atoms with Gasteiger partial charge in [-0.1, -0.05) is 23.8 Å². The molecule has 0 N–H and O–H groups in total. The van der Waals surface area contributed by atoms with E-state index in [4.69, 9.17) is 16.6 Å². The Kier molecular flexibility index (Phi) is 6.78. The minimum absolute atomic E-state index is 0.103. The van der Waals surface area contributed by atoms with Crippen molar-refractivity contribution >= 4 is 83.1 Å². The molecule has 36 heavy (non-hydrogen) atoms. The second-order valence-corrected chi connectivity index (χ2v) is 11.5. The largest absolute Gasteiger partial charge is 0.385 e. The van der Waals surface area contributed by atoms with Gasteiger partial charge in [-0.15, -0.1) is 17.9 Å². The summed E-state index contributed by atoms with van der Waals surface area (Å²) in [6.07, 6.45) is 9.32. The lowest BCUT2D eigenvalue weighted by molar-refractivity contribution is -0.627. The highest BCUT2D eigenvalue weighted by atomic mass is 35.5. The molecule has 0 aliphatic carbocycles. The number of rotatable bonds is 4. The van der Waals surface area contributed by atoms with Crippen molar-refractivity contribution in [2.45, 2.75) is 13.5 Å².